The molecule has 6 nitrogen and oxygen atoms in total. The van der Waals surface area contributed by atoms with E-state index >= 15 is 0 Å². The van der Waals surface area contributed by atoms with Crippen LogP contribution in [0.4, 0.5) is 18.9 Å². The molecule has 1 aliphatic heterocycles. The molecule has 0 unspecified atom stereocenters. The van der Waals surface area contributed by atoms with Crippen molar-refractivity contribution in [1.29, 1.82) is 0 Å². The lowest BCUT2D eigenvalue weighted by molar-refractivity contribution is -0.385. The highest BCUT2D eigenvalue weighted by Crippen LogP contribution is 2.38. The highest BCUT2D eigenvalue weighted by atomic mass is 79.9. The number of benzene rings is 3. The first-order valence-corrected chi connectivity index (χ1v) is 10.4. The van der Waals surface area contributed by atoms with E-state index in [1.807, 2.05) is 12.1 Å². The third-order valence-electron chi connectivity index (χ3n) is 4.77. The van der Waals surface area contributed by atoms with Crippen LogP contribution < -0.4 is 4.74 Å². The highest BCUT2D eigenvalue weighted by Gasteiger charge is 2.33. The summed E-state index contributed by atoms with van der Waals surface area (Å²) in [7, 11) is 0. The van der Waals surface area contributed by atoms with E-state index in [2.05, 4.69) is 15.9 Å². The SMILES string of the molecule is O=C1OC(c2ccc(Br)cc2)=C/C1=C\c1ccc(Oc2ccc(C(F)(F)F)cc2[N+](=O)[O-])cc1. The molecule has 0 aliphatic carbocycles. The number of ether oxygens (including phenoxy) is 2. The fourth-order valence-electron chi connectivity index (χ4n) is 3.11. The van der Waals surface area contributed by atoms with Crippen LogP contribution in [0.1, 0.15) is 16.7 Å². The minimum absolute atomic E-state index is 0.171. The molecule has 3 aromatic carbocycles. The lowest BCUT2D eigenvalue weighted by Gasteiger charge is -2.10. The zero-order chi connectivity index (χ0) is 24.5. The van der Waals surface area contributed by atoms with Crippen molar-refractivity contribution >= 4 is 39.4 Å². The van der Waals surface area contributed by atoms with Crippen LogP contribution in [0.25, 0.3) is 11.8 Å². The predicted octanol–water partition coefficient (Wildman–Crippen LogP) is 7.15. The van der Waals surface area contributed by atoms with Crippen molar-refractivity contribution in [3.8, 4) is 11.5 Å². The first-order valence-electron chi connectivity index (χ1n) is 9.65. The summed E-state index contributed by atoms with van der Waals surface area (Å²) < 4.78 is 50.2. The number of carbonyl (C=O) groups is 1. The molecule has 0 amide bonds. The van der Waals surface area contributed by atoms with Gasteiger partial charge in [0.25, 0.3) is 0 Å². The van der Waals surface area contributed by atoms with E-state index in [1.165, 1.54) is 12.1 Å². The molecule has 0 fully saturated rings. The second-order valence-corrected chi connectivity index (χ2v) is 8.03. The molecule has 34 heavy (non-hydrogen) atoms. The van der Waals surface area contributed by atoms with Gasteiger partial charge in [-0.1, -0.05) is 40.2 Å². The van der Waals surface area contributed by atoms with Crippen molar-refractivity contribution in [3.05, 3.63) is 110 Å². The Morgan fingerprint density at radius 3 is 2.29 bits per heavy atom. The van der Waals surface area contributed by atoms with Gasteiger partial charge in [-0.2, -0.15) is 13.2 Å². The first-order chi connectivity index (χ1) is 16.1. The normalized spacial score (nSPS) is 14.6. The molecule has 0 radical (unpaired) electrons. The van der Waals surface area contributed by atoms with Crippen LogP contribution in [0.2, 0.25) is 0 Å². The van der Waals surface area contributed by atoms with Gasteiger partial charge < -0.3 is 9.47 Å². The zero-order valence-corrected chi connectivity index (χ0v) is 18.6. The Balaban J connectivity index is 1.54. The second-order valence-electron chi connectivity index (χ2n) is 7.11. The Labute approximate surface area is 199 Å². The highest BCUT2D eigenvalue weighted by molar-refractivity contribution is 9.10. The number of rotatable bonds is 5. The largest absolute Gasteiger partial charge is 0.450 e. The fraction of sp³-hybridized carbons (Fsp3) is 0.0417. The molecule has 0 saturated carbocycles. The molecule has 0 spiro atoms. The summed E-state index contributed by atoms with van der Waals surface area (Å²) in [6, 6.07) is 15.4. The number of halogens is 4. The van der Waals surface area contributed by atoms with E-state index in [9.17, 15) is 28.1 Å². The second kappa shape index (κ2) is 9.14. The molecule has 0 aromatic heterocycles. The lowest BCUT2D eigenvalue weighted by atomic mass is 10.1. The van der Waals surface area contributed by atoms with Crippen molar-refractivity contribution in [2.24, 2.45) is 0 Å². The first kappa shape index (κ1) is 23.2. The van der Waals surface area contributed by atoms with Gasteiger partial charge >= 0.3 is 17.8 Å². The molecular formula is C24H13BrF3NO5. The van der Waals surface area contributed by atoms with Crippen molar-refractivity contribution in [2.75, 3.05) is 0 Å². The average Bonchev–Trinajstić information content (AvgIpc) is 3.15. The number of hydrogen-bond acceptors (Lipinski definition) is 5. The third kappa shape index (κ3) is 5.18. The Bertz CT molecular complexity index is 1330. The topological polar surface area (TPSA) is 78.7 Å². The quantitative estimate of drug-likeness (QED) is 0.151. The maximum absolute atomic E-state index is 12.9. The molecule has 0 bridgehead atoms. The van der Waals surface area contributed by atoms with E-state index in [4.69, 9.17) is 9.47 Å². The lowest BCUT2D eigenvalue weighted by Crippen LogP contribution is -2.06. The molecule has 1 aliphatic rings. The minimum atomic E-state index is -4.72. The maximum atomic E-state index is 12.9. The predicted molar refractivity (Wildman–Crippen MR) is 121 cm³/mol. The summed E-state index contributed by atoms with van der Waals surface area (Å²) in [6.07, 6.45) is -1.51. The number of nitro benzene ring substituents is 1. The van der Waals surface area contributed by atoms with E-state index in [0.29, 0.717) is 29.0 Å². The van der Waals surface area contributed by atoms with Gasteiger partial charge in [0.05, 0.1) is 16.1 Å². The van der Waals surface area contributed by atoms with Crippen molar-refractivity contribution in [1.82, 2.24) is 0 Å². The van der Waals surface area contributed by atoms with Crippen molar-refractivity contribution in [2.45, 2.75) is 6.18 Å². The number of hydrogen-bond donors (Lipinski definition) is 0. The van der Waals surface area contributed by atoms with E-state index in [-0.39, 0.29) is 11.5 Å². The molecule has 0 N–H and O–H groups in total. The summed E-state index contributed by atoms with van der Waals surface area (Å²) in [6.45, 7) is 0. The number of carbonyl (C=O) groups excluding carboxylic acids is 1. The van der Waals surface area contributed by atoms with Crippen LogP contribution in [-0.4, -0.2) is 10.9 Å². The zero-order valence-electron chi connectivity index (χ0n) is 17.0. The third-order valence-corrected chi connectivity index (χ3v) is 5.30. The standard InChI is InChI=1S/C24H13BrF3NO5/c25-18-6-3-15(4-7-18)22-12-16(23(30)34-22)11-14-1-8-19(9-2-14)33-21-10-5-17(24(26,27)28)13-20(21)29(31)32/h1-13H/b16-11+. The van der Waals surface area contributed by atoms with Crippen molar-refractivity contribution in [3.63, 3.8) is 0 Å². The Kier molecular flexibility index (Phi) is 6.25. The molecule has 1 heterocycles. The van der Waals surface area contributed by atoms with Crippen LogP contribution in [0.5, 0.6) is 11.5 Å². The molecule has 172 valence electrons. The molecule has 10 heteroatoms. The molecular weight excluding hydrogens is 519 g/mol. The Morgan fingerprint density at radius 1 is 1.00 bits per heavy atom. The summed E-state index contributed by atoms with van der Waals surface area (Å²) in [5.41, 5.74) is -0.269. The van der Waals surface area contributed by atoms with Crippen LogP contribution in [-0.2, 0) is 15.7 Å². The summed E-state index contributed by atoms with van der Waals surface area (Å²) in [4.78, 5) is 22.5. The number of cyclic esters (lactones) is 1. The maximum Gasteiger partial charge on any atom is 0.416 e. The molecule has 4 rings (SSSR count). The van der Waals surface area contributed by atoms with Gasteiger partial charge in [0, 0.05) is 16.1 Å². The van der Waals surface area contributed by atoms with Gasteiger partial charge in [-0.25, -0.2) is 4.79 Å². The van der Waals surface area contributed by atoms with E-state index in [0.717, 1.165) is 16.1 Å². The van der Waals surface area contributed by atoms with Gasteiger partial charge in [0.1, 0.15) is 11.5 Å². The van der Waals surface area contributed by atoms with Gasteiger partial charge in [-0.3, -0.25) is 10.1 Å². The van der Waals surface area contributed by atoms with Crippen LogP contribution in [0, 0.1) is 10.1 Å². The summed E-state index contributed by atoms with van der Waals surface area (Å²) >= 11 is 3.34. The molecule has 0 saturated heterocycles. The number of alkyl halides is 3. The van der Waals surface area contributed by atoms with Gasteiger partial charge in [-0.15, -0.1) is 0 Å². The minimum Gasteiger partial charge on any atom is -0.450 e. The fourth-order valence-corrected chi connectivity index (χ4v) is 3.37. The summed E-state index contributed by atoms with van der Waals surface area (Å²) in [5.74, 6) is -0.257. The average molecular weight is 532 g/mol. The van der Waals surface area contributed by atoms with Crippen molar-refractivity contribution < 1.29 is 32.4 Å². The van der Waals surface area contributed by atoms with E-state index in [1.54, 1.807) is 36.4 Å². The van der Waals surface area contributed by atoms with Crippen LogP contribution >= 0.6 is 15.9 Å². The van der Waals surface area contributed by atoms with E-state index < -0.39 is 28.3 Å². The molecule has 0 atom stereocenters. The van der Waals surface area contributed by atoms with Gasteiger partial charge in [-0.05, 0) is 54.1 Å². The summed E-state index contributed by atoms with van der Waals surface area (Å²) in [5, 5.41) is 11.2. The molecule has 3 aromatic rings. The van der Waals surface area contributed by atoms with Crippen LogP contribution in [0.15, 0.2) is 82.9 Å². The van der Waals surface area contributed by atoms with Gasteiger partial charge in [0.2, 0.25) is 5.75 Å². The smallest absolute Gasteiger partial charge is 0.416 e. The number of nitrogens with zero attached hydrogens (tertiary/aromatic N) is 1. The number of nitro groups is 1. The Morgan fingerprint density at radius 2 is 1.68 bits per heavy atom. The monoisotopic (exact) mass is 531 g/mol. The van der Waals surface area contributed by atoms with Gasteiger partial charge in [0.15, 0.2) is 0 Å². The Hall–Kier alpha value is -3.92. The number of esters is 1. The van der Waals surface area contributed by atoms with Crippen LogP contribution in [0.3, 0.4) is 0 Å².